The van der Waals surface area contributed by atoms with Gasteiger partial charge in [-0.1, -0.05) is 0 Å². The molecule has 0 atom stereocenters. The summed E-state index contributed by atoms with van der Waals surface area (Å²) < 4.78 is 24.5. The molecular weight excluding hydrogens is 327 g/mol. The fraction of sp³-hybridized carbons (Fsp3) is 0.389. The van der Waals surface area contributed by atoms with E-state index in [0.717, 1.165) is 4.90 Å². The van der Waals surface area contributed by atoms with Crippen LogP contribution in [0.5, 0.6) is 0 Å². The first-order chi connectivity index (χ1) is 11.5. The fourth-order valence-electron chi connectivity index (χ4n) is 2.12. The summed E-state index contributed by atoms with van der Waals surface area (Å²) in [5, 5.41) is 0. The minimum atomic E-state index is -0.756. The van der Waals surface area contributed by atoms with Gasteiger partial charge in [0.1, 0.15) is 23.4 Å². The third-order valence-electron chi connectivity index (χ3n) is 3.34. The van der Waals surface area contributed by atoms with Crippen molar-refractivity contribution in [1.29, 1.82) is 0 Å². The topological polar surface area (TPSA) is 72.6 Å². The average Bonchev–Trinajstić information content (AvgIpc) is 2.92. The third kappa shape index (κ3) is 4.23. The standard InChI is InChI=1S/C18H21FN2O4/c1-10-8-15(11(2)7-13(10)19)21(17(23)25-18(4,5)6)16-20-14(9-24-16)12(3)22/h7-9H,1-6H3. The number of carbonyl (C=O) groups is 2. The normalized spacial score (nSPS) is 11.3. The first-order valence-electron chi connectivity index (χ1n) is 7.76. The molecule has 2 rings (SSSR count). The van der Waals surface area contributed by atoms with Crippen LogP contribution in [-0.4, -0.2) is 22.5 Å². The number of anilines is 2. The summed E-state index contributed by atoms with van der Waals surface area (Å²) in [4.78, 5) is 29.3. The third-order valence-corrected chi connectivity index (χ3v) is 3.34. The number of amides is 1. The van der Waals surface area contributed by atoms with Crippen LogP contribution in [0.1, 0.15) is 49.3 Å². The highest BCUT2D eigenvalue weighted by molar-refractivity contribution is 5.96. The summed E-state index contributed by atoms with van der Waals surface area (Å²) in [5.74, 6) is -0.687. The maximum absolute atomic E-state index is 13.8. The van der Waals surface area contributed by atoms with Crippen molar-refractivity contribution in [1.82, 2.24) is 4.98 Å². The van der Waals surface area contributed by atoms with Crippen molar-refractivity contribution in [2.24, 2.45) is 0 Å². The largest absolute Gasteiger partial charge is 0.443 e. The highest BCUT2D eigenvalue weighted by Gasteiger charge is 2.30. The van der Waals surface area contributed by atoms with Crippen LogP contribution in [0.3, 0.4) is 0 Å². The molecule has 0 spiro atoms. The number of hydrogen-bond acceptors (Lipinski definition) is 5. The van der Waals surface area contributed by atoms with Gasteiger partial charge in [0.15, 0.2) is 5.78 Å². The minimum Gasteiger partial charge on any atom is -0.443 e. The molecule has 0 aliphatic carbocycles. The van der Waals surface area contributed by atoms with E-state index in [1.807, 2.05) is 0 Å². The highest BCUT2D eigenvalue weighted by atomic mass is 19.1. The number of hydrogen-bond donors (Lipinski definition) is 0. The van der Waals surface area contributed by atoms with Gasteiger partial charge in [-0.2, -0.15) is 9.88 Å². The van der Waals surface area contributed by atoms with E-state index in [1.165, 1.54) is 25.3 Å². The van der Waals surface area contributed by atoms with Gasteiger partial charge in [0.05, 0.1) is 5.69 Å². The van der Waals surface area contributed by atoms with Crippen LogP contribution in [0.2, 0.25) is 0 Å². The van der Waals surface area contributed by atoms with Crippen LogP contribution in [0.25, 0.3) is 0 Å². The minimum absolute atomic E-state index is 0.0834. The molecule has 0 aliphatic heterocycles. The van der Waals surface area contributed by atoms with Gasteiger partial charge in [-0.3, -0.25) is 4.79 Å². The molecule has 0 saturated carbocycles. The molecule has 0 bridgehead atoms. The Morgan fingerprint density at radius 2 is 1.84 bits per heavy atom. The summed E-state index contributed by atoms with van der Waals surface area (Å²) in [6.07, 6.45) is 0.430. The Morgan fingerprint density at radius 1 is 1.20 bits per heavy atom. The van der Waals surface area contributed by atoms with Crippen LogP contribution in [0, 0.1) is 19.7 Å². The number of oxazole rings is 1. The van der Waals surface area contributed by atoms with Crippen molar-refractivity contribution < 1.29 is 23.1 Å². The second-order valence-electron chi connectivity index (χ2n) is 6.78. The van der Waals surface area contributed by atoms with E-state index >= 15 is 0 Å². The predicted molar refractivity (Wildman–Crippen MR) is 90.8 cm³/mol. The molecule has 7 heteroatoms. The van der Waals surface area contributed by atoms with Crippen molar-refractivity contribution in [3.05, 3.63) is 41.0 Å². The monoisotopic (exact) mass is 348 g/mol. The van der Waals surface area contributed by atoms with Gasteiger partial charge in [-0.05, 0) is 57.9 Å². The second-order valence-corrected chi connectivity index (χ2v) is 6.78. The van der Waals surface area contributed by atoms with Gasteiger partial charge in [0.2, 0.25) is 0 Å². The lowest BCUT2D eigenvalue weighted by molar-refractivity contribution is 0.0592. The van der Waals surface area contributed by atoms with Crippen molar-refractivity contribution in [2.75, 3.05) is 4.90 Å². The van der Waals surface area contributed by atoms with Gasteiger partial charge in [-0.25, -0.2) is 9.18 Å². The number of aryl methyl sites for hydroxylation is 2. The summed E-state index contributed by atoms with van der Waals surface area (Å²) >= 11 is 0. The first-order valence-corrected chi connectivity index (χ1v) is 7.76. The molecule has 6 nitrogen and oxygen atoms in total. The highest BCUT2D eigenvalue weighted by Crippen LogP contribution is 2.31. The number of ketones is 1. The Morgan fingerprint density at radius 3 is 2.36 bits per heavy atom. The quantitative estimate of drug-likeness (QED) is 0.751. The Hall–Kier alpha value is -2.70. The van der Waals surface area contributed by atoms with Crippen LogP contribution >= 0.6 is 0 Å². The number of ether oxygens (including phenoxy) is 1. The molecular formula is C18H21FN2O4. The Labute approximate surface area is 145 Å². The van der Waals surface area contributed by atoms with E-state index in [2.05, 4.69) is 4.98 Å². The zero-order valence-corrected chi connectivity index (χ0v) is 15.1. The van der Waals surface area contributed by atoms with Gasteiger partial charge >= 0.3 is 12.1 Å². The summed E-state index contributed by atoms with van der Waals surface area (Å²) in [5.41, 5.74) is 0.545. The molecule has 0 N–H and O–H groups in total. The summed E-state index contributed by atoms with van der Waals surface area (Å²) in [6.45, 7) is 9.76. The molecule has 0 unspecified atom stereocenters. The first kappa shape index (κ1) is 18.6. The molecule has 1 aromatic carbocycles. The number of nitrogens with zero attached hydrogens (tertiary/aromatic N) is 2. The fourth-order valence-corrected chi connectivity index (χ4v) is 2.12. The average molecular weight is 348 g/mol. The number of carbonyl (C=O) groups excluding carboxylic acids is 2. The van der Waals surface area contributed by atoms with Crippen LogP contribution < -0.4 is 4.90 Å². The van der Waals surface area contributed by atoms with E-state index in [4.69, 9.17) is 9.15 Å². The molecule has 1 aromatic heterocycles. The smallest absolute Gasteiger partial charge is 0.423 e. The Bertz CT molecular complexity index is 821. The lowest BCUT2D eigenvalue weighted by Gasteiger charge is -2.26. The SMILES string of the molecule is CC(=O)c1coc(N(C(=O)OC(C)(C)C)c2cc(C)c(F)cc2C)n1. The lowest BCUT2D eigenvalue weighted by atomic mass is 10.1. The molecule has 1 amide bonds. The lowest BCUT2D eigenvalue weighted by Crippen LogP contribution is -2.34. The molecule has 0 saturated heterocycles. The number of halogens is 1. The van der Waals surface area contributed by atoms with E-state index in [-0.39, 0.29) is 23.3 Å². The Balaban J connectivity index is 2.57. The number of rotatable bonds is 3. The number of aromatic nitrogens is 1. The van der Waals surface area contributed by atoms with Gasteiger partial charge < -0.3 is 9.15 Å². The van der Waals surface area contributed by atoms with Crippen molar-refractivity contribution in [3.8, 4) is 0 Å². The van der Waals surface area contributed by atoms with Gasteiger partial charge in [0.25, 0.3) is 0 Å². The molecule has 2 aromatic rings. The van der Waals surface area contributed by atoms with Crippen molar-refractivity contribution in [3.63, 3.8) is 0 Å². The van der Waals surface area contributed by atoms with E-state index in [1.54, 1.807) is 34.6 Å². The number of Topliss-reactive ketones (excluding diaryl/α,β-unsaturated/α-hetero) is 1. The van der Waals surface area contributed by atoms with E-state index in [0.29, 0.717) is 16.8 Å². The molecule has 134 valence electrons. The maximum Gasteiger partial charge on any atom is 0.423 e. The molecule has 0 fully saturated rings. The summed E-state index contributed by atoms with van der Waals surface area (Å²) in [6, 6.07) is 2.71. The zero-order chi connectivity index (χ0) is 18.9. The Kier molecular flexibility index (Phi) is 4.97. The maximum atomic E-state index is 13.8. The van der Waals surface area contributed by atoms with Gasteiger partial charge in [0, 0.05) is 6.92 Å². The molecule has 0 aliphatic rings. The molecule has 25 heavy (non-hydrogen) atoms. The van der Waals surface area contributed by atoms with Crippen LogP contribution in [0.15, 0.2) is 22.8 Å². The van der Waals surface area contributed by atoms with Crippen LogP contribution in [-0.2, 0) is 4.74 Å². The van der Waals surface area contributed by atoms with Crippen LogP contribution in [0.4, 0.5) is 20.9 Å². The molecule has 0 radical (unpaired) electrons. The zero-order valence-electron chi connectivity index (χ0n) is 15.1. The van der Waals surface area contributed by atoms with E-state index < -0.39 is 11.7 Å². The van der Waals surface area contributed by atoms with E-state index in [9.17, 15) is 14.0 Å². The summed E-state index contributed by atoms with van der Waals surface area (Å²) in [7, 11) is 0. The second kappa shape index (κ2) is 6.66. The van der Waals surface area contributed by atoms with Crippen molar-refractivity contribution >= 4 is 23.6 Å². The van der Waals surface area contributed by atoms with Gasteiger partial charge in [-0.15, -0.1) is 0 Å². The predicted octanol–water partition coefficient (Wildman–Crippen LogP) is 4.71. The number of benzene rings is 1. The van der Waals surface area contributed by atoms with Crippen molar-refractivity contribution in [2.45, 2.75) is 47.1 Å². The molecule has 1 heterocycles.